The summed E-state index contributed by atoms with van der Waals surface area (Å²) in [6.45, 7) is 3.34. The van der Waals surface area contributed by atoms with Gasteiger partial charge in [-0.3, -0.25) is 4.68 Å². The Morgan fingerprint density at radius 3 is 2.52 bits per heavy atom. The zero-order chi connectivity index (χ0) is 17.5. The Hall–Kier alpha value is -2.86. The van der Waals surface area contributed by atoms with Crippen LogP contribution in [0, 0.1) is 0 Å². The predicted octanol–water partition coefficient (Wildman–Crippen LogP) is 4.14. The number of benzene rings is 2. The molecule has 0 bridgehead atoms. The standard InChI is InChI=1S/C19H20N4OS/c1-2-24-17-10-8-16(9-11-17)20-19(25)21-18-12-13-23(22-18)14-15-6-4-3-5-7-15/h3-13H,2,14H2,1H3,(H2,20,21,22,25). The summed E-state index contributed by atoms with van der Waals surface area (Å²) in [6.07, 6.45) is 1.93. The third-order valence-corrected chi connectivity index (χ3v) is 3.70. The summed E-state index contributed by atoms with van der Waals surface area (Å²) in [4.78, 5) is 0. The van der Waals surface area contributed by atoms with Crippen LogP contribution in [0.4, 0.5) is 11.5 Å². The summed E-state index contributed by atoms with van der Waals surface area (Å²) >= 11 is 5.34. The van der Waals surface area contributed by atoms with Crippen LogP contribution in [-0.2, 0) is 6.54 Å². The van der Waals surface area contributed by atoms with Crippen LogP contribution in [0.5, 0.6) is 5.75 Å². The Labute approximate surface area is 152 Å². The first kappa shape index (κ1) is 17.0. The van der Waals surface area contributed by atoms with Crippen LogP contribution in [0.25, 0.3) is 0 Å². The number of nitrogens with one attached hydrogen (secondary N) is 2. The molecular weight excluding hydrogens is 332 g/mol. The van der Waals surface area contributed by atoms with Crippen LogP contribution in [0.3, 0.4) is 0 Å². The van der Waals surface area contributed by atoms with Crippen molar-refractivity contribution < 1.29 is 4.74 Å². The highest BCUT2D eigenvalue weighted by atomic mass is 32.1. The number of aromatic nitrogens is 2. The molecular formula is C19H20N4OS. The number of nitrogens with zero attached hydrogens (tertiary/aromatic N) is 2. The lowest BCUT2D eigenvalue weighted by Crippen LogP contribution is -2.19. The molecule has 0 radical (unpaired) electrons. The molecule has 0 saturated carbocycles. The van der Waals surface area contributed by atoms with Gasteiger partial charge in [0.05, 0.1) is 13.2 Å². The quantitative estimate of drug-likeness (QED) is 0.653. The molecule has 0 unspecified atom stereocenters. The van der Waals surface area contributed by atoms with E-state index in [2.05, 4.69) is 27.9 Å². The fraction of sp³-hybridized carbons (Fsp3) is 0.158. The zero-order valence-electron chi connectivity index (χ0n) is 14.0. The van der Waals surface area contributed by atoms with E-state index in [-0.39, 0.29) is 0 Å². The summed E-state index contributed by atoms with van der Waals surface area (Å²) in [6, 6.07) is 19.8. The highest BCUT2D eigenvalue weighted by Gasteiger charge is 2.03. The van der Waals surface area contributed by atoms with Crippen molar-refractivity contribution in [2.24, 2.45) is 0 Å². The molecule has 3 rings (SSSR count). The maximum atomic E-state index is 5.42. The first-order valence-electron chi connectivity index (χ1n) is 8.11. The molecule has 0 fully saturated rings. The maximum absolute atomic E-state index is 5.42. The molecule has 0 atom stereocenters. The lowest BCUT2D eigenvalue weighted by atomic mass is 10.2. The average Bonchev–Trinajstić information content (AvgIpc) is 3.04. The Bertz CT molecular complexity index is 815. The number of ether oxygens (including phenoxy) is 1. The molecule has 6 heteroatoms. The first-order chi connectivity index (χ1) is 12.2. The van der Waals surface area contributed by atoms with Crippen LogP contribution in [0.1, 0.15) is 12.5 Å². The van der Waals surface area contributed by atoms with Gasteiger partial charge in [0.2, 0.25) is 0 Å². The van der Waals surface area contributed by atoms with Crippen LogP contribution in [0.15, 0.2) is 66.9 Å². The second kappa shape index (κ2) is 8.30. The third-order valence-electron chi connectivity index (χ3n) is 3.49. The van der Waals surface area contributed by atoms with Crippen molar-refractivity contribution in [3.05, 3.63) is 72.4 Å². The highest BCUT2D eigenvalue weighted by Crippen LogP contribution is 2.16. The van der Waals surface area contributed by atoms with E-state index in [4.69, 9.17) is 17.0 Å². The summed E-state index contributed by atoms with van der Waals surface area (Å²) in [5, 5.41) is 11.2. The van der Waals surface area contributed by atoms with E-state index in [1.807, 2.05) is 66.3 Å². The van der Waals surface area contributed by atoms with Crippen LogP contribution >= 0.6 is 12.2 Å². The van der Waals surface area contributed by atoms with Gasteiger partial charge in [0.15, 0.2) is 10.9 Å². The minimum Gasteiger partial charge on any atom is -0.494 e. The van der Waals surface area contributed by atoms with Crippen molar-refractivity contribution in [1.82, 2.24) is 9.78 Å². The Kier molecular flexibility index (Phi) is 5.64. The lowest BCUT2D eigenvalue weighted by molar-refractivity contribution is 0.340. The first-order valence-corrected chi connectivity index (χ1v) is 8.52. The number of hydrogen-bond acceptors (Lipinski definition) is 3. The number of hydrogen-bond donors (Lipinski definition) is 2. The fourth-order valence-corrected chi connectivity index (χ4v) is 2.59. The molecule has 2 N–H and O–H groups in total. The van der Waals surface area contributed by atoms with Gasteiger partial charge in [0.25, 0.3) is 0 Å². The van der Waals surface area contributed by atoms with Crippen molar-refractivity contribution >= 4 is 28.8 Å². The fourth-order valence-electron chi connectivity index (χ4n) is 2.37. The highest BCUT2D eigenvalue weighted by molar-refractivity contribution is 7.80. The van der Waals surface area contributed by atoms with E-state index in [0.29, 0.717) is 17.5 Å². The van der Waals surface area contributed by atoms with Gasteiger partial charge >= 0.3 is 0 Å². The van der Waals surface area contributed by atoms with Crippen molar-refractivity contribution in [3.63, 3.8) is 0 Å². The number of thiocarbonyl (C=S) groups is 1. The largest absolute Gasteiger partial charge is 0.494 e. The van der Waals surface area contributed by atoms with E-state index in [0.717, 1.165) is 18.0 Å². The van der Waals surface area contributed by atoms with Gasteiger partial charge in [-0.15, -0.1) is 0 Å². The Morgan fingerprint density at radius 2 is 1.80 bits per heavy atom. The summed E-state index contributed by atoms with van der Waals surface area (Å²) in [5.74, 6) is 1.55. The molecule has 0 aliphatic carbocycles. The molecule has 5 nitrogen and oxygen atoms in total. The molecule has 0 amide bonds. The lowest BCUT2D eigenvalue weighted by Gasteiger charge is -2.09. The summed E-state index contributed by atoms with van der Waals surface area (Å²) < 4.78 is 7.30. The van der Waals surface area contributed by atoms with E-state index in [1.165, 1.54) is 5.56 Å². The summed E-state index contributed by atoms with van der Waals surface area (Å²) in [5.41, 5.74) is 2.09. The molecule has 128 valence electrons. The SMILES string of the molecule is CCOc1ccc(NC(=S)Nc2ccn(Cc3ccccc3)n2)cc1. The van der Waals surface area contributed by atoms with Crippen LogP contribution in [0.2, 0.25) is 0 Å². The van der Waals surface area contributed by atoms with E-state index < -0.39 is 0 Å². The van der Waals surface area contributed by atoms with E-state index in [1.54, 1.807) is 0 Å². The topological polar surface area (TPSA) is 51.1 Å². The van der Waals surface area contributed by atoms with E-state index >= 15 is 0 Å². The predicted molar refractivity (Wildman–Crippen MR) is 105 cm³/mol. The molecule has 0 spiro atoms. The van der Waals surface area contributed by atoms with Crippen LogP contribution in [-0.4, -0.2) is 21.5 Å². The maximum Gasteiger partial charge on any atom is 0.176 e. The molecule has 25 heavy (non-hydrogen) atoms. The minimum absolute atomic E-state index is 0.495. The molecule has 3 aromatic rings. The van der Waals surface area contributed by atoms with Crippen molar-refractivity contribution in [1.29, 1.82) is 0 Å². The second-order valence-electron chi connectivity index (χ2n) is 5.42. The number of anilines is 2. The van der Waals surface area contributed by atoms with Crippen LogP contribution < -0.4 is 15.4 Å². The summed E-state index contributed by atoms with van der Waals surface area (Å²) in [7, 11) is 0. The smallest absolute Gasteiger partial charge is 0.176 e. The van der Waals surface area contributed by atoms with Gasteiger partial charge in [-0.25, -0.2) is 0 Å². The zero-order valence-corrected chi connectivity index (χ0v) is 14.8. The van der Waals surface area contributed by atoms with Crippen molar-refractivity contribution in [3.8, 4) is 5.75 Å². The average molecular weight is 352 g/mol. The van der Waals surface area contributed by atoms with Gasteiger partial charge in [-0.2, -0.15) is 5.10 Å². The van der Waals surface area contributed by atoms with Crippen molar-refractivity contribution in [2.45, 2.75) is 13.5 Å². The van der Waals surface area contributed by atoms with Gasteiger partial charge in [0.1, 0.15) is 5.75 Å². The Balaban J connectivity index is 1.54. The van der Waals surface area contributed by atoms with Crippen molar-refractivity contribution in [2.75, 3.05) is 17.2 Å². The molecule has 2 aromatic carbocycles. The monoisotopic (exact) mass is 352 g/mol. The van der Waals surface area contributed by atoms with Gasteiger partial charge in [-0.1, -0.05) is 30.3 Å². The molecule has 0 saturated heterocycles. The third kappa shape index (κ3) is 5.06. The van der Waals surface area contributed by atoms with E-state index in [9.17, 15) is 0 Å². The van der Waals surface area contributed by atoms with Gasteiger partial charge in [0, 0.05) is 18.0 Å². The molecule has 0 aliphatic rings. The number of rotatable bonds is 6. The molecule has 1 aromatic heterocycles. The molecule has 0 aliphatic heterocycles. The van der Waals surface area contributed by atoms with Gasteiger partial charge < -0.3 is 15.4 Å². The minimum atomic E-state index is 0.495. The second-order valence-corrected chi connectivity index (χ2v) is 5.83. The normalized spacial score (nSPS) is 10.3. The Morgan fingerprint density at radius 1 is 1.04 bits per heavy atom. The van der Waals surface area contributed by atoms with Gasteiger partial charge in [-0.05, 0) is 49.0 Å². The molecule has 1 heterocycles.